The van der Waals surface area contributed by atoms with E-state index in [2.05, 4.69) is 0 Å². The van der Waals surface area contributed by atoms with Crippen molar-refractivity contribution < 1.29 is 9.84 Å². The van der Waals surface area contributed by atoms with Gasteiger partial charge in [-0.3, -0.25) is 0 Å². The number of aromatic hydroxyl groups is 1. The van der Waals surface area contributed by atoms with Gasteiger partial charge in [0.2, 0.25) is 0 Å². The van der Waals surface area contributed by atoms with Gasteiger partial charge in [-0.05, 0) is 23.1 Å². The predicted octanol–water partition coefficient (Wildman–Crippen LogP) is 2.57. The molecule has 80 valence electrons. The summed E-state index contributed by atoms with van der Waals surface area (Å²) in [6.45, 7) is 6.12. The lowest BCUT2D eigenvalue weighted by Gasteiger charge is -2.20. The molecule has 0 radical (unpaired) electrons. The molecule has 1 rings (SSSR count). The van der Waals surface area contributed by atoms with Gasteiger partial charge in [-0.25, -0.2) is 0 Å². The summed E-state index contributed by atoms with van der Waals surface area (Å²) in [5.41, 5.74) is 1.14. The Morgan fingerprint density at radius 3 is 2.33 bits per heavy atom. The Morgan fingerprint density at radius 1 is 1.33 bits per heavy atom. The zero-order valence-corrected chi connectivity index (χ0v) is 9.46. The Morgan fingerprint density at radius 2 is 1.93 bits per heavy atom. The largest absolute Gasteiger partial charge is 0.503 e. The first-order valence-electron chi connectivity index (χ1n) is 4.71. The van der Waals surface area contributed by atoms with Crippen LogP contribution in [-0.4, -0.2) is 12.2 Å². The van der Waals surface area contributed by atoms with Crippen LogP contribution in [0.1, 0.15) is 31.9 Å². The number of methoxy groups -OCH3 is 1. The van der Waals surface area contributed by atoms with E-state index in [9.17, 15) is 5.11 Å². The Bertz CT molecular complexity index is 411. The highest BCUT2D eigenvalue weighted by atomic mass is 16.5. The Hall–Kier alpha value is -1.69. The number of hydrogen-bond donors (Lipinski definition) is 1. The minimum absolute atomic E-state index is 0.0768. The normalized spacial score (nSPS) is 10.9. The van der Waals surface area contributed by atoms with Gasteiger partial charge in [0, 0.05) is 0 Å². The molecule has 0 aliphatic heterocycles. The quantitative estimate of drug-likeness (QED) is 0.766. The SMILES string of the molecule is COc1cc(C(C)(C)C)cc(C#N)c1O. The number of phenols is 1. The minimum Gasteiger partial charge on any atom is -0.503 e. The summed E-state index contributed by atoms with van der Waals surface area (Å²) in [5.74, 6) is 0.256. The van der Waals surface area contributed by atoms with Gasteiger partial charge in [0.25, 0.3) is 0 Å². The van der Waals surface area contributed by atoms with Crippen molar-refractivity contribution in [1.82, 2.24) is 0 Å². The molecule has 1 N–H and O–H groups in total. The monoisotopic (exact) mass is 205 g/mol. The molecule has 0 saturated heterocycles. The van der Waals surface area contributed by atoms with Crippen molar-refractivity contribution in [2.24, 2.45) is 0 Å². The highest BCUT2D eigenvalue weighted by Crippen LogP contribution is 2.35. The molecule has 0 spiro atoms. The third-order valence-corrected chi connectivity index (χ3v) is 2.28. The van der Waals surface area contributed by atoms with E-state index in [-0.39, 0.29) is 16.7 Å². The molecule has 0 fully saturated rings. The number of benzene rings is 1. The average Bonchev–Trinajstić information content (AvgIpc) is 2.16. The van der Waals surface area contributed by atoms with Gasteiger partial charge in [-0.15, -0.1) is 0 Å². The van der Waals surface area contributed by atoms with Crippen LogP contribution in [0, 0.1) is 11.3 Å². The van der Waals surface area contributed by atoms with E-state index in [4.69, 9.17) is 10.00 Å². The molecule has 15 heavy (non-hydrogen) atoms. The lowest BCUT2D eigenvalue weighted by Crippen LogP contribution is -2.11. The van der Waals surface area contributed by atoms with E-state index < -0.39 is 0 Å². The van der Waals surface area contributed by atoms with Crippen LogP contribution in [0.3, 0.4) is 0 Å². The molecule has 0 aromatic heterocycles. The average molecular weight is 205 g/mol. The minimum atomic E-state index is -0.0898. The highest BCUT2D eigenvalue weighted by molar-refractivity contribution is 5.55. The first-order chi connectivity index (χ1) is 6.90. The molecule has 0 aliphatic carbocycles. The topological polar surface area (TPSA) is 53.2 Å². The van der Waals surface area contributed by atoms with E-state index in [1.165, 1.54) is 7.11 Å². The van der Waals surface area contributed by atoms with Gasteiger partial charge in [-0.2, -0.15) is 5.26 Å². The van der Waals surface area contributed by atoms with Crippen molar-refractivity contribution in [3.05, 3.63) is 23.3 Å². The van der Waals surface area contributed by atoms with Crippen LogP contribution in [0.2, 0.25) is 0 Å². The van der Waals surface area contributed by atoms with Crippen LogP contribution >= 0.6 is 0 Å². The standard InChI is InChI=1S/C12H15NO2/c1-12(2,3)9-5-8(7-13)11(14)10(6-9)15-4/h5-6,14H,1-4H3. The molecule has 1 aromatic carbocycles. The summed E-state index contributed by atoms with van der Waals surface area (Å²) in [6, 6.07) is 5.40. The Labute approximate surface area is 89.9 Å². The van der Waals surface area contributed by atoms with Crippen LogP contribution in [0.4, 0.5) is 0 Å². The van der Waals surface area contributed by atoms with Gasteiger partial charge in [0.1, 0.15) is 6.07 Å². The molecular formula is C12H15NO2. The molecule has 1 aromatic rings. The molecule has 0 saturated carbocycles. The molecule has 0 bridgehead atoms. The number of phenolic OH excluding ortho intramolecular Hbond substituents is 1. The van der Waals surface area contributed by atoms with Gasteiger partial charge in [-0.1, -0.05) is 20.8 Å². The Kier molecular flexibility index (Phi) is 2.90. The summed E-state index contributed by atoms with van der Waals surface area (Å²) in [5, 5.41) is 18.5. The zero-order valence-electron chi connectivity index (χ0n) is 9.46. The van der Waals surface area contributed by atoms with Gasteiger partial charge in [0.15, 0.2) is 11.5 Å². The smallest absolute Gasteiger partial charge is 0.175 e. The summed E-state index contributed by atoms with van der Waals surface area (Å²) in [7, 11) is 1.47. The van der Waals surface area contributed by atoms with E-state index in [0.717, 1.165) is 5.56 Å². The van der Waals surface area contributed by atoms with Crippen molar-refractivity contribution in [3.63, 3.8) is 0 Å². The van der Waals surface area contributed by atoms with Crippen LogP contribution in [0.25, 0.3) is 0 Å². The first kappa shape index (κ1) is 11.4. The summed E-state index contributed by atoms with van der Waals surface area (Å²) < 4.78 is 5.02. The second kappa shape index (κ2) is 3.82. The zero-order chi connectivity index (χ0) is 11.6. The fourth-order valence-electron chi connectivity index (χ4n) is 1.28. The van der Waals surface area contributed by atoms with Crippen molar-refractivity contribution in [1.29, 1.82) is 5.26 Å². The summed E-state index contributed by atoms with van der Waals surface area (Å²) in [6.07, 6.45) is 0. The molecule has 0 heterocycles. The lowest BCUT2D eigenvalue weighted by atomic mass is 9.86. The number of hydrogen-bond acceptors (Lipinski definition) is 3. The maximum Gasteiger partial charge on any atom is 0.175 e. The number of rotatable bonds is 1. The molecule has 3 nitrogen and oxygen atoms in total. The van der Waals surface area contributed by atoms with E-state index in [0.29, 0.717) is 5.75 Å². The van der Waals surface area contributed by atoms with Crippen molar-refractivity contribution in [3.8, 4) is 17.6 Å². The number of nitriles is 1. The van der Waals surface area contributed by atoms with Crippen LogP contribution < -0.4 is 4.74 Å². The van der Waals surface area contributed by atoms with E-state index >= 15 is 0 Å². The van der Waals surface area contributed by atoms with Crippen LogP contribution in [-0.2, 0) is 5.41 Å². The van der Waals surface area contributed by atoms with Crippen molar-refractivity contribution >= 4 is 0 Å². The lowest BCUT2D eigenvalue weighted by molar-refractivity contribution is 0.371. The molecule has 0 unspecified atom stereocenters. The molecule has 0 atom stereocenters. The Balaban J connectivity index is 3.42. The van der Waals surface area contributed by atoms with Gasteiger partial charge < -0.3 is 9.84 Å². The molecular weight excluding hydrogens is 190 g/mol. The summed E-state index contributed by atoms with van der Waals surface area (Å²) >= 11 is 0. The maximum absolute atomic E-state index is 9.63. The van der Waals surface area contributed by atoms with Crippen LogP contribution in [0.15, 0.2) is 12.1 Å². The fourth-order valence-corrected chi connectivity index (χ4v) is 1.28. The third kappa shape index (κ3) is 2.21. The second-order valence-electron chi connectivity index (χ2n) is 4.44. The third-order valence-electron chi connectivity index (χ3n) is 2.28. The molecule has 0 amide bonds. The number of ether oxygens (including phenoxy) is 1. The van der Waals surface area contributed by atoms with Crippen molar-refractivity contribution in [2.75, 3.05) is 7.11 Å². The van der Waals surface area contributed by atoms with Crippen molar-refractivity contribution in [2.45, 2.75) is 26.2 Å². The van der Waals surface area contributed by atoms with Gasteiger partial charge in [0.05, 0.1) is 12.7 Å². The fraction of sp³-hybridized carbons (Fsp3) is 0.417. The number of nitrogens with zero attached hydrogens (tertiary/aromatic N) is 1. The second-order valence-corrected chi connectivity index (χ2v) is 4.44. The van der Waals surface area contributed by atoms with Crippen LogP contribution in [0.5, 0.6) is 11.5 Å². The summed E-state index contributed by atoms with van der Waals surface area (Å²) in [4.78, 5) is 0. The van der Waals surface area contributed by atoms with E-state index in [1.54, 1.807) is 12.1 Å². The van der Waals surface area contributed by atoms with E-state index in [1.807, 2.05) is 26.8 Å². The molecule has 3 heteroatoms. The highest BCUT2D eigenvalue weighted by Gasteiger charge is 2.18. The first-order valence-corrected chi connectivity index (χ1v) is 4.71. The predicted molar refractivity (Wildman–Crippen MR) is 58.1 cm³/mol. The maximum atomic E-state index is 9.63. The van der Waals surface area contributed by atoms with Gasteiger partial charge >= 0.3 is 0 Å². The molecule has 0 aliphatic rings.